The van der Waals surface area contributed by atoms with Crippen molar-refractivity contribution in [1.29, 1.82) is 0 Å². The smallest absolute Gasteiger partial charge is 0.326 e. The number of nitrogens with two attached hydrogens (primary N) is 1. The van der Waals surface area contributed by atoms with Crippen molar-refractivity contribution in [2.45, 2.75) is 18.9 Å². The highest BCUT2D eigenvalue weighted by Gasteiger charge is 2.40. The lowest BCUT2D eigenvalue weighted by molar-refractivity contribution is -0.145. The Morgan fingerprint density at radius 3 is 2.40 bits per heavy atom. The van der Waals surface area contributed by atoms with E-state index in [9.17, 15) is 24.3 Å². The van der Waals surface area contributed by atoms with E-state index in [1.165, 1.54) is 0 Å². The zero-order valence-corrected chi connectivity index (χ0v) is 14.5. The lowest BCUT2D eigenvalue weighted by Gasteiger charge is -2.22. The zero-order chi connectivity index (χ0) is 18.6. The van der Waals surface area contributed by atoms with E-state index < -0.39 is 23.8 Å². The van der Waals surface area contributed by atoms with Gasteiger partial charge in [0.05, 0.1) is 4.91 Å². The van der Waals surface area contributed by atoms with Crippen LogP contribution in [0.5, 0.6) is 0 Å². The van der Waals surface area contributed by atoms with Gasteiger partial charge in [-0.25, -0.2) is 4.79 Å². The highest BCUT2D eigenvalue weighted by molar-refractivity contribution is 8.26. The van der Waals surface area contributed by atoms with E-state index in [4.69, 9.17) is 18.0 Å². The van der Waals surface area contributed by atoms with E-state index >= 15 is 0 Å². The first-order valence-corrected chi connectivity index (χ1v) is 8.39. The molecule has 0 spiro atoms. The summed E-state index contributed by atoms with van der Waals surface area (Å²) in [6.45, 7) is 0. The second kappa shape index (κ2) is 8.04. The molecule has 1 aliphatic rings. The van der Waals surface area contributed by atoms with Crippen LogP contribution in [0.2, 0.25) is 0 Å². The van der Waals surface area contributed by atoms with Crippen molar-refractivity contribution in [2.24, 2.45) is 5.73 Å². The van der Waals surface area contributed by atoms with Crippen LogP contribution < -0.4 is 5.73 Å². The molecule has 1 unspecified atom stereocenters. The molecule has 9 heteroatoms. The van der Waals surface area contributed by atoms with Crippen molar-refractivity contribution in [3.63, 3.8) is 0 Å². The van der Waals surface area contributed by atoms with Crippen LogP contribution in [0, 0.1) is 0 Å². The summed E-state index contributed by atoms with van der Waals surface area (Å²) in [4.78, 5) is 46.9. The van der Waals surface area contributed by atoms with Crippen molar-refractivity contribution < 1.29 is 24.3 Å². The first kappa shape index (κ1) is 18.8. The molecule has 2 rings (SSSR count). The first-order valence-electron chi connectivity index (χ1n) is 7.17. The molecule has 1 aromatic rings. The van der Waals surface area contributed by atoms with Gasteiger partial charge in [0.15, 0.2) is 0 Å². The lowest BCUT2D eigenvalue weighted by atomic mass is 10.1. The van der Waals surface area contributed by atoms with Gasteiger partial charge >= 0.3 is 5.97 Å². The number of carbonyl (C=O) groups is 4. The standard InChI is InChI=1S/C16H14N2O5S2/c17-13(20)6-5-11(15(22)23)18-14(21)12(25-16(18)24)7-9-1-3-10(8-19)4-2-9/h1-4,7-8,11H,5-6H2,(H2,17,20)(H,22,23)/b12-7-. The number of aldehydes is 1. The quantitative estimate of drug-likeness (QED) is 0.418. The molecule has 0 radical (unpaired) electrons. The average molecular weight is 378 g/mol. The van der Waals surface area contributed by atoms with E-state index in [-0.39, 0.29) is 22.1 Å². The number of rotatable bonds is 7. The largest absolute Gasteiger partial charge is 0.480 e. The maximum absolute atomic E-state index is 12.5. The molecule has 1 aliphatic heterocycles. The molecule has 0 aliphatic carbocycles. The van der Waals surface area contributed by atoms with Gasteiger partial charge in [-0.2, -0.15) is 0 Å². The maximum atomic E-state index is 12.5. The van der Waals surface area contributed by atoms with Crippen LogP contribution in [-0.2, 0) is 14.4 Å². The van der Waals surface area contributed by atoms with Crippen LogP contribution in [0.1, 0.15) is 28.8 Å². The predicted octanol–water partition coefficient (Wildman–Crippen LogP) is 1.42. The van der Waals surface area contributed by atoms with E-state index in [1.54, 1.807) is 30.3 Å². The summed E-state index contributed by atoms with van der Waals surface area (Å²) in [5.41, 5.74) is 6.23. The Bertz CT molecular complexity index is 773. The number of primary amides is 1. The molecule has 0 saturated carbocycles. The molecule has 1 fully saturated rings. The number of amides is 2. The predicted molar refractivity (Wildman–Crippen MR) is 96.7 cm³/mol. The molecule has 1 saturated heterocycles. The topological polar surface area (TPSA) is 118 Å². The first-order chi connectivity index (χ1) is 11.8. The van der Waals surface area contributed by atoms with Crippen molar-refractivity contribution in [1.82, 2.24) is 4.90 Å². The minimum Gasteiger partial charge on any atom is -0.480 e. The van der Waals surface area contributed by atoms with Crippen LogP contribution in [0.25, 0.3) is 6.08 Å². The lowest BCUT2D eigenvalue weighted by Crippen LogP contribution is -2.44. The molecule has 1 atom stereocenters. The van der Waals surface area contributed by atoms with Gasteiger partial charge in [-0.05, 0) is 18.1 Å². The zero-order valence-electron chi connectivity index (χ0n) is 12.9. The van der Waals surface area contributed by atoms with Crippen molar-refractivity contribution in [3.05, 3.63) is 40.3 Å². The Kier molecular flexibility index (Phi) is 6.05. The highest BCUT2D eigenvalue weighted by Crippen LogP contribution is 2.34. The summed E-state index contributed by atoms with van der Waals surface area (Å²) in [5, 5.41) is 9.35. The molecule has 3 N–H and O–H groups in total. The average Bonchev–Trinajstić information content (AvgIpc) is 2.83. The summed E-state index contributed by atoms with van der Waals surface area (Å²) >= 11 is 6.11. The SMILES string of the molecule is NC(=O)CCC(C(=O)O)N1C(=O)/C(=C/c2ccc(C=O)cc2)SC1=S. The van der Waals surface area contributed by atoms with Crippen LogP contribution in [0.3, 0.4) is 0 Å². The highest BCUT2D eigenvalue weighted by atomic mass is 32.2. The van der Waals surface area contributed by atoms with Gasteiger partial charge in [0.2, 0.25) is 5.91 Å². The summed E-state index contributed by atoms with van der Waals surface area (Å²) in [5.74, 6) is -2.44. The van der Waals surface area contributed by atoms with Crippen molar-refractivity contribution in [3.8, 4) is 0 Å². The van der Waals surface area contributed by atoms with Gasteiger partial charge in [-0.15, -0.1) is 0 Å². The molecular formula is C16H14N2O5S2. The van der Waals surface area contributed by atoms with E-state index in [0.29, 0.717) is 17.4 Å². The van der Waals surface area contributed by atoms with Crippen LogP contribution >= 0.6 is 24.0 Å². The van der Waals surface area contributed by atoms with Crippen LogP contribution in [-0.4, -0.2) is 44.4 Å². The molecule has 0 bridgehead atoms. The van der Waals surface area contributed by atoms with E-state index in [2.05, 4.69) is 0 Å². The molecule has 0 aromatic heterocycles. The fourth-order valence-electron chi connectivity index (χ4n) is 2.21. The molecule has 1 heterocycles. The number of carboxylic acids is 1. The monoisotopic (exact) mass is 378 g/mol. The Morgan fingerprint density at radius 2 is 1.88 bits per heavy atom. The van der Waals surface area contributed by atoms with Gasteiger partial charge in [0.25, 0.3) is 5.91 Å². The number of thioether (sulfide) groups is 1. The van der Waals surface area contributed by atoms with Gasteiger partial charge in [-0.3, -0.25) is 19.3 Å². The van der Waals surface area contributed by atoms with Gasteiger partial charge in [0, 0.05) is 12.0 Å². The minimum atomic E-state index is -1.26. The number of hydrogen-bond acceptors (Lipinski definition) is 6. The number of benzene rings is 1. The Hall–Kier alpha value is -2.52. The van der Waals surface area contributed by atoms with Crippen molar-refractivity contribution >= 4 is 58.4 Å². The fourth-order valence-corrected chi connectivity index (χ4v) is 3.57. The third-order valence-corrected chi connectivity index (χ3v) is 4.79. The molecule has 2 amide bonds. The number of carbonyl (C=O) groups excluding carboxylic acids is 3. The van der Waals surface area contributed by atoms with Crippen molar-refractivity contribution in [2.75, 3.05) is 0 Å². The summed E-state index contributed by atoms with van der Waals surface area (Å²) in [7, 11) is 0. The summed E-state index contributed by atoms with van der Waals surface area (Å²) < 4.78 is 0.109. The van der Waals surface area contributed by atoms with Gasteiger partial charge in [0.1, 0.15) is 16.6 Å². The van der Waals surface area contributed by atoms with Gasteiger partial charge < -0.3 is 10.8 Å². The number of hydrogen-bond donors (Lipinski definition) is 2. The number of nitrogens with zero attached hydrogens (tertiary/aromatic N) is 1. The summed E-state index contributed by atoms with van der Waals surface area (Å²) in [6, 6.07) is 5.29. The van der Waals surface area contributed by atoms with Gasteiger partial charge in [-0.1, -0.05) is 48.2 Å². The third-order valence-electron chi connectivity index (χ3n) is 3.45. The molecule has 1 aromatic carbocycles. The normalized spacial score (nSPS) is 17.0. The molecule has 7 nitrogen and oxygen atoms in total. The Balaban J connectivity index is 2.24. The second-order valence-corrected chi connectivity index (χ2v) is 6.87. The number of aliphatic carboxylic acids is 1. The fraction of sp³-hybridized carbons (Fsp3) is 0.188. The minimum absolute atomic E-state index is 0.109. The van der Waals surface area contributed by atoms with E-state index in [0.717, 1.165) is 16.7 Å². The molecule has 130 valence electrons. The van der Waals surface area contributed by atoms with Crippen LogP contribution in [0.4, 0.5) is 0 Å². The van der Waals surface area contributed by atoms with Crippen LogP contribution in [0.15, 0.2) is 29.2 Å². The number of thiocarbonyl (C=S) groups is 1. The second-order valence-electron chi connectivity index (χ2n) is 5.20. The Labute approximate surface area is 152 Å². The Morgan fingerprint density at radius 1 is 1.28 bits per heavy atom. The number of carboxylic acid groups (broad SMARTS) is 1. The molecular weight excluding hydrogens is 364 g/mol. The van der Waals surface area contributed by atoms with E-state index in [1.807, 2.05) is 0 Å². The molecule has 25 heavy (non-hydrogen) atoms. The maximum Gasteiger partial charge on any atom is 0.326 e. The third kappa shape index (κ3) is 4.52. The summed E-state index contributed by atoms with van der Waals surface area (Å²) in [6.07, 6.45) is 2.00.